The summed E-state index contributed by atoms with van der Waals surface area (Å²) in [5.41, 5.74) is 2.68. The number of nitrogens with zero attached hydrogens (tertiary/aromatic N) is 1. The predicted octanol–water partition coefficient (Wildman–Crippen LogP) is 3.09. The first-order valence-corrected chi connectivity index (χ1v) is 11.4. The van der Waals surface area contributed by atoms with Gasteiger partial charge in [-0.15, -0.1) is 0 Å². The number of aryl methyl sites for hydroxylation is 2. The molecule has 0 bridgehead atoms. The molecular weight excluding hydrogens is 402 g/mol. The maximum Gasteiger partial charge on any atom is 0.255 e. The minimum absolute atomic E-state index is 0.170. The van der Waals surface area contributed by atoms with Gasteiger partial charge in [0.05, 0.1) is 4.90 Å². The highest BCUT2D eigenvalue weighted by atomic mass is 32.2. The van der Waals surface area contributed by atoms with Crippen LogP contribution in [0.4, 0.5) is 5.69 Å². The Hall–Kier alpha value is -2.71. The number of piperidine rings is 1. The van der Waals surface area contributed by atoms with Crippen molar-refractivity contribution in [2.45, 2.75) is 38.0 Å². The monoisotopic (exact) mass is 429 g/mol. The van der Waals surface area contributed by atoms with E-state index in [9.17, 15) is 18.0 Å². The molecule has 1 fully saturated rings. The van der Waals surface area contributed by atoms with Crippen LogP contribution in [-0.2, 0) is 10.0 Å². The van der Waals surface area contributed by atoms with Crippen LogP contribution in [0, 0.1) is 13.8 Å². The Balaban J connectivity index is 1.85. The number of nitrogens with one attached hydrogen (secondary N) is 2. The largest absolute Gasteiger partial charge is 0.355 e. The van der Waals surface area contributed by atoms with E-state index in [1.165, 1.54) is 10.4 Å². The second-order valence-electron chi connectivity index (χ2n) is 7.51. The average Bonchev–Trinajstić information content (AvgIpc) is 2.75. The molecule has 1 aliphatic heterocycles. The first-order chi connectivity index (χ1) is 14.2. The summed E-state index contributed by atoms with van der Waals surface area (Å²) in [6.07, 6.45) is 2.74. The summed E-state index contributed by atoms with van der Waals surface area (Å²) < 4.78 is 27.7. The van der Waals surface area contributed by atoms with Crippen LogP contribution in [0.5, 0.6) is 0 Å². The smallest absolute Gasteiger partial charge is 0.255 e. The number of carbonyl (C=O) groups is 2. The summed E-state index contributed by atoms with van der Waals surface area (Å²) >= 11 is 0. The van der Waals surface area contributed by atoms with Crippen LogP contribution in [-0.4, -0.2) is 44.7 Å². The highest BCUT2D eigenvalue weighted by Crippen LogP contribution is 2.25. The Kier molecular flexibility index (Phi) is 6.58. The summed E-state index contributed by atoms with van der Waals surface area (Å²) in [5.74, 6) is -0.608. The molecule has 0 saturated carbocycles. The van der Waals surface area contributed by atoms with Gasteiger partial charge in [-0.3, -0.25) is 9.59 Å². The van der Waals surface area contributed by atoms with Crippen molar-refractivity contribution in [1.29, 1.82) is 0 Å². The second kappa shape index (κ2) is 8.97. The van der Waals surface area contributed by atoms with Crippen LogP contribution < -0.4 is 10.6 Å². The molecule has 0 radical (unpaired) electrons. The number of sulfonamides is 1. The fourth-order valence-electron chi connectivity index (χ4n) is 3.55. The number of hydrogen-bond acceptors (Lipinski definition) is 4. The fourth-order valence-corrected chi connectivity index (χ4v) is 5.32. The van der Waals surface area contributed by atoms with Gasteiger partial charge >= 0.3 is 0 Å². The lowest BCUT2D eigenvalue weighted by atomic mass is 10.1. The van der Waals surface area contributed by atoms with Gasteiger partial charge in [-0.2, -0.15) is 4.31 Å². The van der Waals surface area contributed by atoms with Crippen LogP contribution in [0.25, 0.3) is 0 Å². The van der Waals surface area contributed by atoms with Crippen LogP contribution >= 0.6 is 0 Å². The molecule has 1 heterocycles. The van der Waals surface area contributed by atoms with E-state index in [0.29, 0.717) is 29.9 Å². The number of carbonyl (C=O) groups excluding carboxylic acids is 2. The third kappa shape index (κ3) is 4.55. The van der Waals surface area contributed by atoms with Gasteiger partial charge in [-0.1, -0.05) is 12.5 Å². The minimum Gasteiger partial charge on any atom is -0.355 e. The SMILES string of the molecule is CNC(=O)c1ccc(NC(=O)c2ccc(C)c(S(=O)(=O)N3CCCCC3)c2)c(C)c1. The summed E-state index contributed by atoms with van der Waals surface area (Å²) in [7, 11) is -2.08. The van der Waals surface area contributed by atoms with Crippen molar-refractivity contribution in [2.24, 2.45) is 0 Å². The number of benzene rings is 2. The van der Waals surface area contributed by atoms with Crippen molar-refractivity contribution >= 4 is 27.5 Å². The van der Waals surface area contributed by atoms with E-state index >= 15 is 0 Å². The van der Waals surface area contributed by atoms with Crippen LogP contribution in [0.1, 0.15) is 51.1 Å². The Morgan fingerprint density at radius 3 is 2.13 bits per heavy atom. The van der Waals surface area contributed by atoms with Gasteiger partial charge in [0, 0.05) is 37.0 Å². The number of rotatable bonds is 5. The van der Waals surface area contributed by atoms with Crippen LogP contribution in [0.15, 0.2) is 41.3 Å². The summed E-state index contributed by atoms with van der Waals surface area (Å²) in [4.78, 5) is 24.7. The van der Waals surface area contributed by atoms with Crippen molar-refractivity contribution in [1.82, 2.24) is 9.62 Å². The second-order valence-corrected chi connectivity index (χ2v) is 9.41. The molecule has 0 atom stereocenters. The van der Waals surface area contributed by atoms with Crippen molar-refractivity contribution in [3.63, 3.8) is 0 Å². The summed E-state index contributed by atoms with van der Waals surface area (Å²) in [5, 5.41) is 5.37. The number of amides is 2. The van der Waals surface area contributed by atoms with Gasteiger partial charge in [0.15, 0.2) is 0 Å². The molecule has 2 amide bonds. The molecule has 7 nitrogen and oxygen atoms in total. The highest BCUT2D eigenvalue weighted by Gasteiger charge is 2.28. The molecule has 2 N–H and O–H groups in total. The number of anilines is 1. The molecule has 8 heteroatoms. The standard InChI is InChI=1S/C22H27N3O4S/c1-15-7-8-18(14-20(15)30(28,29)25-11-5-4-6-12-25)22(27)24-19-10-9-17(13-16(19)2)21(26)23-3/h7-10,13-14H,4-6,11-12H2,1-3H3,(H,23,26)(H,24,27). The molecule has 0 aromatic heterocycles. The van der Waals surface area contributed by atoms with E-state index in [2.05, 4.69) is 10.6 Å². The Morgan fingerprint density at radius 1 is 0.867 bits per heavy atom. The van der Waals surface area contributed by atoms with E-state index in [4.69, 9.17) is 0 Å². The number of hydrogen-bond donors (Lipinski definition) is 2. The minimum atomic E-state index is -3.64. The molecule has 0 spiro atoms. The van der Waals surface area contributed by atoms with Crippen molar-refractivity contribution in [2.75, 3.05) is 25.5 Å². The average molecular weight is 430 g/mol. The van der Waals surface area contributed by atoms with Gasteiger partial charge in [0.25, 0.3) is 11.8 Å². The van der Waals surface area contributed by atoms with Gasteiger partial charge in [0.1, 0.15) is 0 Å². The zero-order valence-corrected chi connectivity index (χ0v) is 18.3. The maximum atomic E-state index is 13.1. The van der Waals surface area contributed by atoms with Crippen LogP contribution in [0.3, 0.4) is 0 Å². The molecule has 1 saturated heterocycles. The Morgan fingerprint density at radius 2 is 1.50 bits per heavy atom. The molecular formula is C22H27N3O4S. The fraction of sp³-hybridized carbons (Fsp3) is 0.364. The van der Waals surface area contributed by atoms with E-state index in [1.54, 1.807) is 51.2 Å². The van der Waals surface area contributed by atoms with Gasteiger partial charge in [-0.25, -0.2) is 8.42 Å². The highest BCUT2D eigenvalue weighted by molar-refractivity contribution is 7.89. The quantitative estimate of drug-likeness (QED) is 0.763. The third-order valence-corrected chi connectivity index (χ3v) is 7.39. The van der Waals surface area contributed by atoms with Gasteiger partial charge in [0.2, 0.25) is 10.0 Å². The van der Waals surface area contributed by atoms with E-state index in [0.717, 1.165) is 24.8 Å². The predicted molar refractivity (Wildman–Crippen MR) is 116 cm³/mol. The molecule has 2 aromatic rings. The van der Waals surface area contributed by atoms with E-state index in [1.807, 2.05) is 0 Å². The van der Waals surface area contributed by atoms with Crippen molar-refractivity contribution in [3.05, 3.63) is 58.7 Å². The molecule has 0 aliphatic carbocycles. The lowest BCUT2D eigenvalue weighted by Crippen LogP contribution is -2.36. The molecule has 0 unspecified atom stereocenters. The lowest BCUT2D eigenvalue weighted by molar-refractivity contribution is 0.0962. The Labute approximate surface area is 177 Å². The lowest BCUT2D eigenvalue weighted by Gasteiger charge is -2.26. The van der Waals surface area contributed by atoms with E-state index in [-0.39, 0.29) is 16.4 Å². The third-order valence-electron chi connectivity index (χ3n) is 5.35. The van der Waals surface area contributed by atoms with Crippen molar-refractivity contribution < 1.29 is 18.0 Å². The maximum absolute atomic E-state index is 13.1. The molecule has 30 heavy (non-hydrogen) atoms. The molecule has 3 rings (SSSR count). The van der Waals surface area contributed by atoms with Crippen molar-refractivity contribution in [3.8, 4) is 0 Å². The molecule has 1 aliphatic rings. The zero-order chi connectivity index (χ0) is 21.9. The van der Waals surface area contributed by atoms with Gasteiger partial charge < -0.3 is 10.6 Å². The normalized spacial score (nSPS) is 14.9. The summed E-state index contributed by atoms with van der Waals surface area (Å²) in [6, 6.07) is 9.71. The zero-order valence-electron chi connectivity index (χ0n) is 17.5. The Bertz CT molecular complexity index is 1070. The van der Waals surface area contributed by atoms with Gasteiger partial charge in [-0.05, 0) is 68.1 Å². The first kappa shape index (κ1) is 22.0. The topological polar surface area (TPSA) is 95.6 Å². The van der Waals surface area contributed by atoms with Crippen LogP contribution in [0.2, 0.25) is 0 Å². The summed E-state index contributed by atoms with van der Waals surface area (Å²) in [6.45, 7) is 4.55. The van der Waals surface area contributed by atoms with E-state index < -0.39 is 15.9 Å². The molecule has 2 aromatic carbocycles. The first-order valence-electron chi connectivity index (χ1n) is 9.99. The molecule has 160 valence electrons.